The lowest BCUT2D eigenvalue weighted by Crippen LogP contribution is -2.42. The Morgan fingerprint density at radius 3 is 2.64 bits per heavy atom. The molecule has 0 spiro atoms. The Kier molecular flexibility index (Phi) is 8.03. The maximum absolute atomic E-state index is 14.0. The minimum absolute atomic E-state index is 0.0260. The highest BCUT2D eigenvalue weighted by Crippen LogP contribution is 2.40. The molecule has 1 saturated heterocycles. The van der Waals surface area contributed by atoms with Gasteiger partial charge in [-0.05, 0) is 92.0 Å². The molecule has 1 fully saturated rings. The predicted molar refractivity (Wildman–Crippen MR) is 179 cm³/mol. The van der Waals surface area contributed by atoms with Crippen LogP contribution in [0.25, 0.3) is 5.57 Å². The van der Waals surface area contributed by atoms with Crippen LogP contribution in [0.3, 0.4) is 0 Å². The first-order valence-corrected chi connectivity index (χ1v) is 16.5. The zero-order chi connectivity index (χ0) is 32.9. The molecule has 3 aliphatic heterocycles. The first kappa shape index (κ1) is 31.0. The molecular formula is C36H43N7O4. The Balaban J connectivity index is 1.16. The van der Waals surface area contributed by atoms with Crippen molar-refractivity contribution in [2.75, 3.05) is 43.9 Å². The summed E-state index contributed by atoms with van der Waals surface area (Å²) >= 11 is 0. The highest BCUT2D eigenvalue weighted by atomic mass is 16.7. The van der Waals surface area contributed by atoms with Crippen LogP contribution in [-0.2, 0) is 40.4 Å². The van der Waals surface area contributed by atoms with Gasteiger partial charge in [0.05, 0.1) is 0 Å². The van der Waals surface area contributed by atoms with E-state index in [1.807, 2.05) is 37.7 Å². The van der Waals surface area contributed by atoms with Crippen molar-refractivity contribution in [2.45, 2.75) is 65.5 Å². The van der Waals surface area contributed by atoms with E-state index in [0.717, 1.165) is 49.9 Å². The number of rotatable bonds is 7. The molecule has 3 aromatic heterocycles. The molecule has 246 valence electrons. The minimum Gasteiger partial charge on any atom is -0.461 e. The van der Waals surface area contributed by atoms with Crippen molar-refractivity contribution in [3.05, 3.63) is 88.5 Å². The van der Waals surface area contributed by atoms with Crippen molar-refractivity contribution in [1.29, 1.82) is 0 Å². The average Bonchev–Trinajstić information content (AvgIpc) is 3.53. The molecule has 0 atom stereocenters. The van der Waals surface area contributed by atoms with Gasteiger partial charge in [0.1, 0.15) is 23.9 Å². The fraction of sp³-hybridized carbons (Fsp3) is 0.444. The van der Waals surface area contributed by atoms with E-state index in [4.69, 9.17) is 9.57 Å². The van der Waals surface area contributed by atoms with Crippen LogP contribution in [-0.4, -0.2) is 70.1 Å². The minimum atomic E-state index is -0.408. The summed E-state index contributed by atoms with van der Waals surface area (Å²) in [6.07, 6.45) is 11.6. The monoisotopic (exact) mass is 637 g/mol. The number of allylic oxidation sites excluding steroid dienone is 2. The molecular weight excluding hydrogens is 594 g/mol. The summed E-state index contributed by atoms with van der Waals surface area (Å²) < 4.78 is 7.73. The number of fused-ring (bicyclic) bond motifs is 3. The fourth-order valence-electron chi connectivity index (χ4n) is 7.39. The number of carbonyl (C=O) groups excluding carboxylic acids is 2. The number of ether oxygens (including phenoxy) is 1. The topological polar surface area (TPSA) is 105 Å². The van der Waals surface area contributed by atoms with E-state index in [1.165, 1.54) is 23.7 Å². The zero-order valence-corrected chi connectivity index (χ0v) is 27.9. The molecule has 0 bridgehead atoms. The summed E-state index contributed by atoms with van der Waals surface area (Å²) in [4.78, 5) is 45.4. The van der Waals surface area contributed by atoms with E-state index in [-0.39, 0.29) is 17.9 Å². The Bertz CT molecular complexity index is 1770. The molecule has 11 nitrogen and oxygen atoms in total. The number of hydroxylamine groups is 2. The van der Waals surface area contributed by atoms with Crippen molar-refractivity contribution in [2.24, 2.45) is 5.41 Å². The smallest absolute Gasteiger partial charge is 0.302 e. The Hall–Kier alpha value is -4.64. The van der Waals surface area contributed by atoms with Gasteiger partial charge in [-0.2, -0.15) is 0 Å². The van der Waals surface area contributed by atoms with Gasteiger partial charge in [0, 0.05) is 68.6 Å². The van der Waals surface area contributed by atoms with Crippen molar-refractivity contribution in [1.82, 2.24) is 24.5 Å². The van der Waals surface area contributed by atoms with Gasteiger partial charge < -0.3 is 24.4 Å². The van der Waals surface area contributed by atoms with Crippen LogP contribution < -0.4 is 10.2 Å². The molecule has 7 rings (SSSR count). The molecule has 1 amide bonds. The number of pyridine rings is 2. The molecule has 0 unspecified atom stereocenters. The van der Waals surface area contributed by atoms with E-state index in [0.29, 0.717) is 47.8 Å². The van der Waals surface area contributed by atoms with Crippen LogP contribution in [0.15, 0.2) is 54.8 Å². The second kappa shape index (κ2) is 12.2. The Morgan fingerprint density at radius 1 is 1.09 bits per heavy atom. The SMILES string of the molecule is CC(=O)OCc1c(C2=CN(C)OC(Nc3ccc(C4CCN(C)CC4)cn3)=C2)ccnc1N1CCn2c(cc3c2CC(C)(C)C3)C1=O. The molecule has 1 N–H and O–H groups in total. The third kappa shape index (κ3) is 6.24. The molecule has 0 aromatic carbocycles. The number of aromatic nitrogens is 3. The third-order valence-corrected chi connectivity index (χ3v) is 9.72. The molecule has 4 aliphatic rings. The number of nitrogens with zero attached hydrogens (tertiary/aromatic N) is 6. The van der Waals surface area contributed by atoms with Crippen LogP contribution in [0.1, 0.15) is 78.0 Å². The second-order valence-corrected chi connectivity index (χ2v) is 14.0. The van der Waals surface area contributed by atoms with Crippen molar-refractivity contribution < 1.29 is 19.2 Å². The molecule has 3 aromatic rings. The van der Waals surface area contributed by atoms with E-state index in [1.54, 1.807) is 16.2 Å². The standard InChI is InChI=1S/C36H43N7O4/c1-23(44)46-22-29-28(8-11-37-34(29)43-15-14-42-30(35(43)45)16-26-18-36(2,3)19-31(26)42)27-17-33(47-41(5)21-27)39-32-7-6-25(20-38-32)24-9-12-40(4)13-10-24/h6-8,11,16-17,20-21,24H,9-10,12-15,18-19,22H2,1-5H3,(H,38,39). The zero-order valence-electron chi connectivity index (χ0n) is 27.9. The van der Waals surface area contributed by atoms with Crippen LogP contribution in [0.5, 0.6) is 0 Å². The molecule has 0 saturated carbocycles. The number of hydrogen-bond acceptors (Lipinski definition) is 9. The number of esters is 1. The van der Waals surface area contributed by atoms with E-state index in [9.17, 15) is 9.59 Å². The first-order valence-electron chi connectivity index (χ1n) is 16.5. The maximum Gasteiger partial charge on any atom is 0.302 e. The van der Waals surface area contributed by atoms with Gasteiger partial charge in [-0.3, -0.25) is 14.5 Å². The predicted octanol–water partition coefficient (Wildman–Crippen LogP) is 5.11. The van der Waals surface area contributed by atoms with Gasteiger partial charge >= 0.3 is 5.97 Å². The number of amides is 1. The number of hydrogen-bond donors (Lipinski definition) is 1. The van der Waals surface area contributed by atoms with Crippen molar-refractivity contribution in [3.63, 3.8) is 0 Å². The summed E-state index contributed by atoms with van der Waals surface area (Å²) in [5.74, 6) is 1.68. The van der Waals surface area contributed by atoms with Gasteiger partial charge in [0.2, 0.25) is 5.88 Å². The molecule has 11 heteroatoms. The Morgan fingerprint density at radius 2 is 1.89 bits per heavy atom. The highest BCUT2D eigenvalue weighted by molar-refractivity contribution is 6.06. The fourth-order valence-corrected chi connectivity index (χ4v) is 7.39. The Labute approximate surface area is 275 Å². The van der Waals surface area contributed by atoms with Crippen LogP contribution >= 0.6 is 0 Å². The van der Waals surface area contributed by atoms with Crippen LogP contribution in [0.2, 0.25) is 0 Å². The average molecular weight is 638 g/mol. The number of carbonyl (C=O) groups is 2. The molecule has 1 aliphatic carbocycles. The summed E-state index contributed by atoms with van der Waals surface area (Å²) in [6, 6.07) is 8.06. The molecule has 6 heterocycles. The maximum atomic E-state index is 14.0. The summed E-state index contributed by atoms with van der Waals surface area (Å²) in [5.41, 5.74) is 6.93. The lowest BCUT2D eigenvalue weighted by atomic mass is 9.90. The number of anilines is 2. The third-order valence-electron chi connectivity index (χ3n) is 9.72. The highest BCUT2D eigenvalue weighted by Gasteiger charge is 2.38. The second-order valence-electron chi connectivity index (χ2n) is 14.0. The lowest BCUT2D eigenvalue weighted by molar-refractivity contribution is -0.142. The van der Waals surface area contributed by atoms with Gasteiger partial charge in [0.25, 0.3) is 5.91 Å². The van der Waals surface area contributed by atoms with Gasteiger partial charge in [-0.1, -0.05) is 19.9 Å². The van der Waals surface area contributed by atoms with Crippen molar-refractivity contribution >= 4 is 29.1 Å². The van der Waals surface area contributed by atoms with Gasteiger partial charge in [0.15, 0.2) is 0 Å². The van der Waals surface area contributed by atoms with E-state index in [2.05, 4.69) is 57.8 Å². The summed E-state index contributed by atoms with van der Waals surface area (Å²) in [5, 5.41) is 4.92. The number of piperidine rings is 1. The summed E-state index contributed by atoms with van der Waals surface area (Å²) in [6.45, 7) is 9.26. The van der Waals surface area contributed by atoms with Gasteiger partial charge in [-0.25, -0.2) is 15.0 Å². The summed E-state index contributed by atoms with van der Waals surface area (Å²) in [7, 11) is 3.98. The largest absolute Gasteiger partial charge is 0.461 e. The molecule has 47 heavy (non-hydrogen) atoms. The first-order chi connectivity index (χ1) is 22.5. The van der Waals surface area contributed by atoms with Crippen molar-refractivity contribution in [3.8, 4) is 0 Å². The van der Waals surface area contributed by atoms with E-state index < -0.39 is 5.97 Å². The normalized spacial score (nSPS) is 19.5. The van der Waals surface area contributed by atoms with Crippen LogP contribution in [0.4, 0.5) is 11.6 Å². The van der Waals surface area contributed by atoms with Crippen LogP contribution in [0, 0.1) is 5.41 Å². The number of likely N-dealkylation sites (tertiary alicyclic amines) is 1. The molecule has 0 radical (unpaired) electrons. The quantitative estimate of drug-likeness (QED) is 0.354. The lowest BCUT2D eigenvalue weighted by Gasteiger charge is -2.31. The van der Waals surface area contributed by atoms with Gasteiger partial charge in [-0.15, -0.1) is 0 Å². The number of nitrogens with one attached hydrogen (secondary N) is 1. The van der Waals surface area contributed by atoms with E-state index >= 15 is 0 Å².